The zero-order valence-corrected chi connectivity index (χ0v) is 15.8. The number of ether oxygens (including phenoxy) is 1. The van der Waals surface area contributed by atoms with E-state index in [0.717, 1.165) is 0 Å². The molecule has 0 heterocycles. The molecule has 124 valence electrons. The smallest absolute Gasteiger partial charge is 0.335 e. The quantitative estimate of drug-likeness (QED) is 0.317. The lowest BCUT2D eigenvalue weighted by Gasteiger charge is -2.37. The SMILES string of the molecule is C=C(C)C(=O)OC(C)O.Cl[C@H]1[C@H](Cl)[C@@H](Cl)[C@@H](Cl)[C@H](Cl)[C@H]1Cl. The topological polar surface area (TPSA) is 46.5 Å². The molecule has 0 amide bonds. The van der Waals surface area contributed by atoms with Crippen LogP contribution in [0.1, 0.15) is 13.8 Å². The molecular weight excluding hydrogens is 405 g/mol. The molecule has 0 saturated heterocycles. The minimum absolute atomic E-state index is 0.288. The van der Waals surface area contributed by atoms with E-state index in [-0.39, 0.29) is 5.57 Å². The van der Waals surface area contributed by atoms with Gasteiger partial charge in [0.2, 0.25) is 0 Å². The van der Waals surface area contributed by atoms with Gasteiger partial charge >= 0.3 is 5.97 Å². The van der Waals surface area contributed by atoms with E-state index < -0.39 is 44.5 Å². The number of hydrogen-bond donors (Lipinski definition) is 1. The maximum Gasteiger partial charge on any atom is 0.335 e. The Balaban J connectivity index is 0.000000400. The van der Waals surface area contributed by atoms with Crippen LogP contribution in [-0.2, 0) is 9.53 Å². The van der Waals surface area contributed by atoms with Crippen LogP contribution in [0.3, 0.4) is 0 Å². The summed E-state index contributed by atoms with van der Waals surface area (Å²) in [5, 5.41) is 5.87. The van der Waals surface area contributed by atoms with Crippen LogP contribution in [0.25, 0.3) is 0 Å². The molecule has 0 aromatic rings. The Labute approximate surface area is 154 Å². The summed E-state index contributed by atoms with van der Waals surface area (Å²) in [7, 11) is 0. The number of aliphatic hydroxyl groups excluding tert-OH is 1. The van der Waals surface area contributed by atoms with Crippen LogP contribution >= 0.6 is 69.6 Å². The van der Waals surface area contributed by atoms with E-state index in [4.69, 9.17) is 74.7 Å². The Morgan fingerprint density at radius 3 is 1.29 bits per heavy atom. The van der Waals surface area contributed by atoms with Gasteiger partial charge in [-0.3, -0.25) is 0 Å². The molecular formula is C12H16Cl6O3. The first-order chi connectivity index (χ1) is 9.50. The highest BCUT2D eigenvalue weighted by Crippen LogP contribution is 2.39. The highest BCUT2D eigenvalue weighted by molar-refractivity contribution is 6.45. The van der Waals surface area contributed by atoms with Gasteiger partial charge in [-0.15, -0.1) is 69.6 Å². The fourth-order valence-electron chi connectivity index (χ4n) is 1.31. The molecule has 21 heavy (non-hydrogen) atoms. The van der Waals surface area contributed by atoms with Crippen molar-refractivity contribution in [1.29, 1.82) is 0 Å². The van der Waals surface area contributed by atoms with E-state index in [9.17, 15) is 4.79 Å². The van der Waals surface area contributed by atoms with Gasteiger partial charge in [-0.2, -0.15) is 0 Å². The van der Waals surface area contributed by atoms with Crippen molar-refractivity contribution < 1.29 is 14.6 Å². The standard InChI is InChI=1S/C6H6Cl6.C6H10O3/c7-1-2(8)4(10)6(12)5(11)3(1)9;1-4(2)6(8)9-5(3)7/h1-6H;5,7H,1H2,2-3H3/t1-,2-,3-,4+,5+,6+;. The summed E-state index contributed by atoms with van der Waals surface area (Å²) in [4.78, 5) is 10.5. The fourth-order valence-corrected chi connectivity index (χ4v) is 3.64. The largest absolute Gasteiger partial charge is 0.433 e. The molecule has 1 saturated carbocycles. The average Bonchev–Trinajstić information content (AvgIpc) is 2.40. The van der Waals surface area contributed by atoms with Gasteiger partial charge in [0.15, 0.2) is 6.29 Å². The summed E-state index contributed by atoms with van der Waals surface area (Å²) >= 11 is 35.3. The van der Waals surface area contributed by atoms with E-state index in [1.807, 2.05) is 0 Å². The van der Waals surface area contributed by atoms with E-state index in [1.165, 1.54) is 13.8 Å². The minimum Gasteiger partial charge on any atom is -0.433 e. The Kier molecular flexibility index (Phi) is 10.3. The summed E-state index contributed by atoms with van der Waals surface area (Å²) in [5.74, 6) is -0.565. The zero-order valence-electron chi connectivity index (χ0n) is 11.3. The molecule has 1 aliphatic carbocycles. The molecule has 0 aromatic carbocycles. The Morgan fingerprint density at radius 2 is 1.19 bits per heavy atom. The Morgan fingerprint density at radius 1 is 0.952 bits per heavy atom. The molecule has 1 aliphatic rings. The molecule has 0 aliphatic heterocycles. The van der Waals surface area contributed by atoms with Gasteiger partial charge in [0.1, 0.15) is 0 Å². The third kappa shape index (κ3) is 6.90. The van der Waals surface area contributed by atoms with Crippen molar-refractivity contribution in [2.75, 3.05) is 0 Å². The molecule has 3 nitrogen and oxygen atoms in total. The van der Waals surface area contributed by atoms with Gasteiger partial charge in [0.25, 0.3) is 0 Å². The van der Waals surface area contributed by atoms with Crippen molar-refractivity contribution in [2.24, 2.45) is 0 Å². The van der Waals surface area contributed by atoms with E-state index in [2.05, 4.69) is 11.3 Å². The number of alkyl halides is 6. The van der Waals surface area contributed by atoms with Gasteiger partial charge in [-0.05, 0) is 13.8 Å². The van der Waals surface area contributed by atoms with E-state index >= 15 is 0 Å². The number of carbonyl (C=O) groups excluding carboxylic acids is 1. The highest BCUT2D eigenvalue weighted by Gasteiger charge is 2.46. The van der Waals surface area contributed by atoms with Crippen LogP contribution in [-0.4, -0.2) is 49.6 Å². The summed E-state index contributed by atoms with van der Waals surface area (Å²) < 4.78 is 4.33. The number of rotatable bonds is 2. The molecule has 1 unspecified atom stereocenters. The van der Waals surface area contributed by atoms with Gasteiger partial charge < -0.3 is 9.84 Å². The van der Waals surface area contributed by atoms with Crippen molar-refractivity contribution in [1.82, 2.24) is 0 Å². The molecule has 0 spiro atoms. The maximum absolute atomic E-state index is 10.5. The monoisotopic (exact) mass is 418 g/mol. The van der Waals surface area contributed by atoms with Crippen molar-refractivity contribution >= 4 is 75.6 Å². The molecule has 0 radical (unpaired) electrons. The van der Waals surface area contributed by atoms with Crippen LogP contribution in [0.4, 0.5) is 0 Å². The van der Waals surface area contributed by atoms with E-state index in [0.29, 0.717) is 0 Å². The number of esters is 1. The Bertz CT molecular complexity index is 306. The van der Waals surface area contributed by atoms with Crippen LogP contribution in [0.5, 0.6) is 0 Å². The predicted molar refractivity (Wildman–Crippen MR) is 90.4 cm³/mol. The molecule has 0 bridgehead atoms. The highest BCUT2D eigenvalue weighted by atomic mass is 35.5. The van der Waals surface area contributed by atoms with Gasteiger partial charge in [0.05, 0.1) is 32.3 Å². The molecule has 0 aromatic heterocycles. The van der Waals surface area contributed by atoms with Crippen molar-refractivity contribution in [3.05, 3.63) is 12.2 Å². The van der Waals surface area contributed by atoms with E-state index in [1.54, 1.807) is 0 Å². The zero-order chi connectivity index (χ0) is 16.9. The first kappa shape index (κ1) is 21.9. The summed E-state index contributed by atoms with van der Waals surface area (Å²) in [6, 6.07) is 0. The normalized spacial score (nSPS) is 37.0. The number of hydrogen-bond acceptors (Lipinski definition) is 3. The second-order valence-corrected chi connectivity index (χ2v) is 7.48. The summed E-state index contributed by atoms with van der Waals surface area (Å²) in [5.41, 5.74) is 0.288. The van der Waals surface area contributed by atoms with Gasteiger partial charge in [-0.25, -0.2) is 4.79 Å². The lowest BCUT2D eigenvalue weighted by Crippen LogP contribution is -2.52. The summed E-state index contributed by atoms with van der Waals surface area (Å²) in [6.45, 7) is 6.20. The number of carbonyl (C=O) groups is 1. The lowest BCUT2D eigenvalue weighted by atomic mass is 9.97. The first-order valence-electron chi connectivity index (χ1n) is 5.89. The predicted octanol–water partition coefficient (Wildman–Crippen LogP) is 4.09. The maximum atomic E-state index is 10.5. The average molecular weight is 421 g/mol. The second kappa shape index (κ2) is 9.92. The van der Waals surface area contributed by atoms with Gasteiger partial charge in [0, 0.05) is 5.57 Å². The number of aliphatic hydroxyl groups is 1. The van der Waals surface area contributed by atoms with Crippen molar-refractivity contribution in [2.45, 2.75) is 52.4 Å². The van der Waals surface area contributed by atoms with Crippen molar-refractivity contribution in [3.63, 3.8) is 0 Å². The first-order valence-corrected chi connectivity index (χ1v) is 8.51. The molecule has 1 fully saturated rings. The van der Waals surface area contributed by atoms with Crippen LogP contribution in [0, 0.1) is 0 Å². The molecule has 1 N–H and O–H groups in total. The van der Waals surface area contributed by atoms with Crippen LogP contribution < -0.4 is 0 Å². The van der Waals surface area contributed by atoms with Crippen LogP contribution in [0.2, 0.25) is 0 Å². The lowest BCUT2D eigenvalue weighted by molar-refractivity contribution is -0.159. The third-order valence-corrected chi connectivity index (χ3v) is 6.48. The third-order valence-electron chi connectivity index (χ3n) is 2.45. The van der Waals surface area contributed by atoms with Gasteiger partial charge in [-0.1, -0.05) is 6.58 Å². The second-order valence-electron chi connectivity index (χ2n) is 4.45. The Hall–Kier alpha value is 0.910. The van der Waals surface area contributed by atoms with Crippen molar-refractivity contribution in [3.8, 4) is 0 Å². The van der Waals surface area contributed by atoms with Crippen LogP contribution in [0.15, 0.2) is 12.2 Å². The molecule has 9 heteroatoms. The molecule has 1 rings (SSSR count). The fraction of sp³-hybridized carbons (Fsp3) is 0.750. The number of halogens is 6. The minimum atomic E-state index is -1.05. The summed E-state index contributed by atoms with van der Waals surface area (Å²) in [6.07, 6.45) is -1.05. The molecule has 1 atom stereocenters.